The molecular weight excluding hydrogens is 294 g/mol. The summed E-state index contributed by atoms with van der Waals surface area (Å²) in [5.74, 6) is -0.984. The Kier molecular flexibility index (Phi) is 3.27. The summed E-state index contributed by atoms with van der Waals surface area (Å²) in [6.07, 6.45) is 0.407. The van der Waals surface area contributed by atoms with E-state index in [1.54, 1.807) is 6.92 Å². The fourth-order valence-electron chi connectivity index (χ4n) is 2.44. The van der Waals surface area contributed by atoms with Gasteiger partial charge in [0.1, 0.15) is 10.5 Å². The minimum absolute atomic E-state index is 0.208. The highest BCUT2D eigenvalue weighted by molar-refractivity contribution is 7.16. The number of aryl methyl sites for hydroxylation is 1. The van der Waals surface area contributed by atoms with Crippen molar-refractivity contribution in [1.82, 2.24) is 19.5 Å². The monoisotopic (exact) mass is 309 g/mol. The highest BCUT2D eigenvalue weighted by Crippen LogP contribution is 2.22. The van der Waals surface area contributed by atoms with Crippen LogP contribution < -0.4 is 11.3 Å². The van der Waals surface area contributed by atoms with E-state index in [2.05, 4.69) is 10.1 Å². The molecule has 112 valence electrons. The minimum atomic E-state index is -1.19. The van der Waals surface area contributed by atoms with Crippen LogP contribution in [0, 0.1) is 6.92 Å². The molecule has 0 radical (unpaired) electrons. The van der Waals surface area contributed by atoms with Gasteiger partial charge >= 0.3 is 5.97 Å². The third-order valence-corrected chi connectivity index (χ3v) is 4.47. The Morgan fingerprint density at radius 2 is 2.38 bits per heavy atom. The second-order valence-electron chi connectivity index (χ2n) is 5.35. The lowest BCUT2D eigenvalue weighted by atomic mass is 10.0. The van der Waals surface area contributed by atoms with Gasteiger partial charge < -0.3 is 10.8 Å². The van der Waals surface area contributed by atoms with Crippen molar-refractivity contribution in [3.63, 3.8) is 0 Å². The highest BCUT2D eigenvalue weighted by Gasteiger charge is 2.41. The Morgan fingerprint density at radius 1 is 1.62 bits per heavy atom. The van der Waals surface area contributed by atoms with Crippen molar-refractivity contribution in [1.29, 1.82) is 0 Å². The first-order valence-electron chi connectivity index (χ1n) is 6.48. The molecular formula is C12H15N5O3S. The summed E-state index contributed by atoms with van der Waals surface area (Å²) in [6.45, 7) is 3.11. The van der Waals surface area contributed by atoms with Gasteiger partial charge in [-0.25, -0.2) is 4.98 Å². The summed E-state index contributed by atoms with van der Waals surface area (Å²) in [4.78, 5) is 29.7. The summed E-state index contributed by atoms with van der Waals surface area (Å²) >= 11 is 1.33. The van der Waals surface area contributed by atoms with Crippen LogP contribution in [0.25, 0.3) is 4.96 Å². The molecule has 1 unspecified atom stereocenters. The van der Waals surface area contributed by atoms with Gasteiger partial charge in [-0.2, -0.15) is 9.61 Å². The molecule has 0 bridgehead atoms. The topological polar surface area (TPSA) is 114 Å². The van der Waals surface area contributed by atoms with Gasteiger partial charge in [-0.15, -0.1) is 0 Å². The fourth-order valence-corrected chi connectivity index (χ4v) is 3.43. The molecule has 9 heteroatoms. The normalized spacial score (nSPS) is 23.0. The van der Waals surface area contributed by atoms with E-state index in [1.807, 2.05) is 4.90 Å². The number of fused-ring (bicyclic) bond motifs is 1. The molecule has 2 aromatic heterocycles. The Labute approximate surface area is 123 Å². The van der Waals surface area contributed by atoms with Crippen molar-refractivity contribution in [2.45, 2.75) is 25.4 Å². The van der Waals surface area contributed by atoms with Gasteiger partial charge in [0.05, 0.1) is 6.54 Å². The number of nitrogens with two attached hydrogens (primary N) is 1. The molecule has 3 N–H and O–H groups in total. The molecule has 2 aromatic rings. The number of carboxylic acid groups (broad SMARTS) is 1. The number of hydrogen-bond acceptors (Lipinski definition) is 7. The molecule has 8 nitrogen and oxygen atoms in total. The van der Waals surface area contributed by atoms with Crippen molar-refractivity contribution in [3.8, 4) is 0 Å². The van der Waals surface area contributed by atoms with Gasteiger partial charge in [0.15, 0.2) is 0 Å². The smallest absolute Gasteiger partial charge is 0.325 e. The van der Waals surface area contributed by atoms with E-state index in [0.717, 1.165) is 5.01 Å². The summed E-state index contributed by atoms with van der Waals surface area (Å²) in [7, 11) is 0. The molecule has 1 fully saturated rings. The van der Waals surface area contributed by atoms with Crippen molar-refractivity contribution in [3.05, 3.63) is 27.1 Å². The second-order valence-corrected chi connectivity index (χ2v) is 6.39. The van der Waals surface area contributed by atoms with Crippen LogP contribution in [-0.2, 0) is 11.3 Å². The number of hydrogen-bond donors (Lipinski definition) is 2. The van der Waals surface area contributed by atoms with Crippen LogP contribution in [-0.4, -0.2) is 49.2 Å². The van der Waals surface area contributed by atoms with E-state index < -0.39 is 11.5 Å². The third kappa shape index (κ3) is 2.55. The van der Waals surface area contributed by atoms with Crippen molar-refractivity contribution in [2.75, 3.05) is 13.1 Å². The van der Waals surface area contributed by atoms with E-state index in [4.69, 9.17) is 10.8 Å². The molecule has 1 atom stereocenters. The number of nitrogens with zero attached hydrogens (tertiary/aromatic N) is 4. The Hall–Kier alpha value is -1.84. The number of likely N-dealkylation sites (tertiary alicyclic amines) is 1. The van der Waals surface area contributed by atoms with Crippen LogP contribution in [0.5, 0.6) is 0 Å². The zero-order valence-corrected chi connectivity index (χ0v) is 12.3. The molecule has 0 amide bonds. The average Bonchev–Trinajstić information content (AvgIpc) is 2.94. The number of carboxylic acids is 1. The Balaban J connectivity index is 1.82. The summed E-state index contributed by atoms with van der Waals surface area (Å²) in [5, 5.41) is 14.1. The standard InChI is InChI=1S/C12H15N5O3S/c1-7-4-9(18)17-11(14-7)21-8(15-17)5-16-3-2-12(13,6-16)10(19)20/h4H,2-3,5-6,13H2,1H3,(H,19,20). The zero-order chi connectivity index (χ0) is 15.2. The molecule has 1 aliphatic rings. The third-order valence-electron chi connectivity index (χ3n) is 3.58. The number of aromatic nitrogens is 3. The number of aliphatic carboxylic acids is 1. The Bertz CT molecular complexity index is 770. The van der Waals surface area contributed by atoms with Gasteiger partial charge in [0.25, 0.3) is 5.56 Å². The summed E-state index contributed by atoms with van der Waals surface area (Å²) < 4.78 is 1.27. The highest BCUT2D eigenvalue weighted by atomic mass is 32.1. The van der Waals surface area contributed by atoms with Gasteiger partial charge in [0.2, 0.25) is 4.96 Å². The molecule has 3 heterocycles. The molecule has 3 rings (SSSR count). The van der Waals surface area contributed by atoms with Gasteiger partial charge in [0, 0.05) is 24.8 Å². The van der Waals surface area contributed by atoms with Crippen molar-refractivity contribution >= 4 is 22.3 Å². The van der Waals surface area contributed by atoms with Crippen LogP contribution in [0.2, 0.25) is 0 Å². The van der Waals surface area contributed by atoms with E-state index in [0.29, 0.717) is 30.2 Å². The van der Waals surface area contributed by atoms with Crippen LogP contribution in [0.3, 0.4) is 0 Å². The molecule has 0 aliphatic carbocycles. The SMILES string of the molecule is Cc1cc(=O)n2nc(CN3CCC(N)(C(=O)O)C3)sc2n1. The quantitative estimate of drug-likeness (QED) is 0.781. The van der Waals surface area contributed by atoms with Gasteiger partial charge in [-0.05, 0) is 13.3 Å². The lowest BCUT2D eigenvalue weighted by Gasteiger charge is -2.18. The van der Waals surface area contributed by atoms with E-state index in [-0.39, 0.29) is 12.1 Å². The largest absolute Gasteiger partial charge is 0.480 e. The van der Waals surface area contributed by atoms with E-state index in [9.17, 15) is 9.59 Å². The number of carbonyl (C=O) groups is 1. The van der Waals surface area contributed by atoms with Crippen LogP contribution in [0.4, 0.5) is 0 Å². The maximum atomic E-state index is 11.8. The van der Waals surface area contributed by atoms with Crippen LogP contribution in [0.15, 0.2) is 10.9 Å². The Morgan fingerprint density at radius 3 is 3.05 bits per heavy atom. The summed E-state index contributed by atoms with van der Waals surface area (Å²) in [6, 6.07) is 1.43. The number of rotatable bonds is 3. The average molecular weight is 309 g/mol. The maximum Gasteiger partial charge on any atom is 0.325 e. The lowest BCUT2D eigenvalue weighted by molar-refractivity contribution is -0.142. The summed E-state index contributed by atoms with van der Waals surface area (Å²) in [5.41, 5.74) is 5.09. The molecule has 1 saturated heterocycles. The molecule has 1 aliphatic heterocycles. The van der Waals surface area contributed by atoms with Crippen LogP contribution in [0.1, 0.15) is 17.1 Å². The van der Waals surface area contributed by atoms with Gasteiger partial charge in [-0.1, -0.05) is 11.3 Å². The van der Waals surface area contributed by atoms with Crippen LogP contribution >= 0.6 is 11.3 Å². The maximum absolute atomic E-state index is 11.8. The fraction of sp³-hybridized carbons (Fsp3) is 0.500. The predicted molar refractivity (Wildman–Crippen MR) is 76.3 cm³/mol. The van der Waals surface area contributed by atoms with Crippen molar-refractivity contribution in [2.24, 2.45) is 5.73 Å². The first-order valence-corrected chi connectivity index (χ1v) is 7.30. The molecule has 0 aromatic carbocycles. The first-order chi connectivity index (χ1) is 9.87. The van der Waals surface area contributed by atoms with E-state index >= 15 is 0 Å². The predicted octanol–water partition coefficient (Wildman–Crippen LogP) is -0.553. The van der Waals surface area contributed by atoms with Crippen molar-refractivity contribution < 1.29 is 9.90 Å². The van der Waals surface area contributed by atoms with Gasteiger partial charge in [-0.3, -0.25) is 14.5 Å². The molecule has 21 heavy (non-hydrogen) atoms. The van der Waals surface area contributed by atoms with E-state index in [1.165, 1.54) is 21.9 Å². The lowest BCUT2D eigenvalue weighted by Crippen LogP contribution is -2.50. The molecule has 0 saturated carbocycles. The molecule has 0 spiro atoms. The first kappa shape index (κ1) is 14.1. The zero-order valence-electron chi connectivity index (χ0n) is 11.4. The second kappa shape index (κ2) is 4.86. The minimum Gasteiger partial charge on any atom is -0.480 e.